The number of hydrogen-bond donors (Lipinski definition) is 3. The maximum atomic E-state index is 9.72. The van der Waals surface area contributed by atoms with Crippen LogP contribution < -0.4 is 0 Å². The quantitative estimate of drug-likeness (QED) is 0.554. The zero-order chi connectivity index (χ0) is 10.5. The van der Waals surface area contributed by atoms with Gasteiger partial charge in [0.05, 0.1) is 0 Å². The Morgan fingerprint density at radius 1 is 1.14 bits per heavy atom. The topological polar surface area (TPSA) is 60.7 Å². The number of benzene rings is 1. The van der Waals surface area contributed by atoms with Crippen LogP contribution in [0.5, 0.6) is 17.2 Å². The molecule has 3 heteroatoms. The van der Waals surface area contributed by atoms with Crippen LogP contribution in [-0.2, 0) is 11.8 Å². The van der Waals surface area contributed by atoms with Crippen molar-refractivity contribution in [1.29, 1.82) is 0 Å². The van der Waals surface area contributed by atoms with Crippen molar-refractivity contribution in [3.05, 3.63) is 17.2 Å². The second kappa shape index (κ2) is 2.56. The zero-order valence-corrected chi connectivity index (χ0v) is 8.33. The SMILES string of the molecule is CC1(C)CCc2cc(O)c(O)c(O)c21. The molecular formula is C11H14O3. The first-order valence-electron chi connectivity index (χ1n) is 4.71. The number of hydrogen-bond acceptors (Lipinski definition) is 3. The molecular weight excluding hydrogens is 180 g/mol. The van der Waals surface area contributed by atoms with E-state index < -0.39 is 5.75 Å². The Labute approximate surface area is 82.6 Å². The third-order valence-electron chi connectivity index (χ3n) is 3.03. The lowest BCUT2D eigenvalue weighted by Gasteiger charge is -2.20. The fraction of sp³-hybridized carbons (Fsp3) is 0.455. The van der Waals surface area contributed by atoms with Crippen LogP contribution in [0.3, 0.4) is 0 Å². The van der Waals surface area contributed by atoms with Crippen molar-refractivity contribution in [1.82, 2.24) is 0 Å². The Bertz CT molecular complexity index is 394. The number of fused-ring (bicyclic) bond motifs is 1. The first kappa shape index (κ1) is 9.19. The van der Waals surface area contributed by atoms with Crippen molar-refractivity contribution in [2.45, 2.75) is 32.1 Å². The highest BCUT2D eigenvalue weighted by atomic mass is 16.3. The van der Waals surface area contributed by atoms with Crippen molar-refractivity contribution in [3.63, 3.8) is 0 Å². The Morgan fingerprint density at radius 3 is 2.43 bits per heavy atom. The van der Waals surface area contributed by atoms with Crippen LogP contribution in [0, 0.1) is 0 Å². The molecule has 0 aliphatic heterocycles. The van der Waals surface area contributed by atoms with Gasteiger partial charge in [-0.3, -0.25) is 0 Å². The molecule has 0 atom stereocenters. The lowest BCUT2D eigenvalue weighted by Crippen LogP contribution is -2.11. The van der Waals surface area contributed by atoms with E-state index in [0.29, 0.717) is 0 Å². The molecule has 14 heavy (non-hydrogen) atoms. The molecule has 0 radical (unpaired) electrons. The third kappa shape index (κ3) is 1.05. The van der Waals surface area contributed by atoms with Crippen molar-refractivity contribution in [2.75, 3.05) is 0 Å². The average Bonchev–Trinajstić information content (AvgIpc) is 2.38. The second-order valence-corrected chi connectivity index (χ2v) is 4.51. The van der Waals surface area contributed by atoms with Crippen molar-refractivity contribution in [3.8, 4) is 17.2 Å². The molecule has 0 amide bonds. The number of rotatable bonds is 0. The zero-order valence-electron chi connectivity index (χ0n) is 8.33. The largest absolute Gasteiger partial charge is 0.504 e. The fourth-order valence-electron chi connectivity index (χ4n) is 2.22. The van der Waals surface area contributed by atoms with Crippen molar-refractivity contribution >= 4 is 0 Å². The number of aromatic hydroxyl groups is 3. The van der Waals surface area contributed by atoms with Crippen LogP contribution in [0.25, 0.3) is 0 Å². The maximum Gasteiger partial charge on any atom is 0.200 e. The second-order valence-electron chi connectivity index (χ2n) is 4.51. The highest BCUT2D eigenvalue weighted by Gasteiger charge is 2.34. The minimum atomic E-state index is -0.404. The summed E-state index contributed by atoms with van der Waals surface area (Å²) in [6, 6.07) is 1.54. The Balaban J connectivity index is 2.73. The van der Waals surface area contributed by atoms with Gasteiger partial charge in [-0.15, -0.1) is 0 Å². The van der Waals surface area contributed by atoms with E-state index in [1.807, 2.05) is 13.8 Å². The standard InChI is InChI=1S/C11H14O3/c1-11(2)4-3-6-5-7(12)9(13)10(14)8(6)11/h5,12-14H,3-4H2,1-2H3. The molecule has 0 heterocycles. The summed E-state index contributed by atoms with van der Waals surface area (Å²) in [5.41, 5.74) is 1.58. The molecule has 76 valence electrons. The van der Waals surface area contributed by atoms with Gasteiger partial charge in [0.1, 0.15) is 0 Å². The van der Waals surface area contributed by atoms with E-state index >= 15 is 0 Å². The molecule has 0 saturated heterocycles. The van der Waals surface area contributed by atoms with Crippen molar-refractivity contribution in [2.24, 2.45) is 0 Å². The Hall–Kier alpha value is -1.38. The molecule has 3 nitrogen and oxygen atoms in total. The van der Waals surface area contributed by atoms with Gasteiger partial charge in [0.2, 0.25) is 5.75 Å². The maximum absolute atomic E-state index is 9.72. The first-order chi connectivity index (χ1) is 6.43. The van der Waals surface area contributed by atoms with Crippen molar-refractivity contribution < 1.29 is 15.3 Å². The van der Waals surface area contributed by atoms with Gasteiger partial charge in [-0.25, -0.2) is 0 Å². The van der Waals surface area contributed by atoms with Gasteiger partial charge in [-0.2, -0.15) is 0 Å². The van der Waals surface area contributed by atoms with Gasteiger partial charge < -0.3 is 15.3 Å². The van der Waals surface area contributed by atoms with E-state index in [1.54, 1.807) is 6.07 Å². The van der Waals surface area contributed by atoms with E-state index in [0.717, 1.165) is 24.0 Å². The molecule has 0 saturated carbocycles. The minimum Gasteiger partial charge on any atom is -0.504 e. The third-order valence-corrected chi connectivity index (χ3v) is 3.03. The summed E-state index contributed by atoms with van der Waals surface area (Å²) < 4.78 is 0. The molecule has 2 rings (SSSR count). The van der Waals surface area contributed by atoms with E-state index in [1.165, 1.54) is 0 Å². The summed E-state index contributed by atoms with van der Waals surface area (Å²) in [5, 5.41) is 28.5. The monoisotopic (exact) mass is 194 g/mol. The molecule has 0 bridgehead atoms. The molecule has 1 aliphatic rings. The van der Waals surface area contributed by atoms with Gasteiger partial charge in [0, 0.05) is 5.56 Å². The van der Waals surface area contributed by atoms with E-state index in [4.69, 9.17) is 0 Å². The number of phenolic OH excluding ortho intramolecular Hbond substituents is 3. The van der Waals surface area contributed by atoms with Crippen LogP contribution in [0.2, 0.25) is 0 Å². The van der Waals surface area contributed by atoms with E-state index in [9.17, 15) is 15.3 Å². The molecule has 1 aromatic carbocycles. The summed E-state index contributed by atoms with van der Waals surface area (Å²) in [6.45, 7) is 4.05. The molecule has 1 aliphatic carbocycles. The fourth-order valence-corrected chi connectivity index (χ4v) is 2.22. The molecule has 0 unspecified atom stereocenters. The van der Waals surface area contributed by atoms with Gasteiger partial charge in [-0.1, -0.05) is 13.8 Å². The molecule has 0 spiro atoms. The summed E-state index contributed by atoms with van der Waals surface area (Å²) in [5.74, 6) is -0.805. The van der Waals surface area contributed by atoms with Crippen LogP contribution in [-0.4, -0.2) is 15.3 Å². The van der Waals surface area contributed by atoms with Crippen LogP contribution in [0.4, 0.5) is 0 Å². The van der Waals surface area contributed by atoms with Gasteiger partial charge >= 0.3 is 0 Å². The average molecular weight is 194 g/mol. The predicted octanol–water partition coefficient (Wildman–Crippen LogP) is 2.03. The van der Waals surface area contributed by atoms with Crippen LogP contribution in [0.1, 0.15) is 31.4 Å². The highest BCUT2D eigenvalue weighted by molar-refractivity contribution is 5.60. The number of aryl methyl sites for hydroxylation is 1. The summed E-state index contributed by atoms with van der Waals surface area (Å²) in [6.07, 6.45) is 1.77. The van der Waals surface area contributed by atoms with Crippen LogP contribution in [0.15, 0.2) is 6.07 Å². The highest BCUT2D eigenvalue weighted by Crippen LogP contribution is 2.50. The summed E-state index contributed by atoms with van der Waals surface area (Å²) >= 11 is 0. The van der Waals surface area contributed by atoms with Gasteiger partial charge in [0.25, 0.3) is 0 Å². The normalized spacial score (nSPS) is 18.1. The molecule has 3 N–H and O–H groups in total. The van der Waals surface area contributed by atoms with Crippen LogP contribution >= 0.6 is 0 Å². The minimum absolute atomic E-state index is 0.120. The van der Waals surface area contributed by atoms with Gasteiger partial charge in [-0.05, 0) is 29.9 Å². The smallest absolute Gasteiger partial charge is 0.200 e. The number of phenols is 3. The Morgan fingerprint density at radius 2 is 1.79 bits per heavy atom. The predicted molar refractivity (Wildman–Crippen MR) is 52.8 cm³/mol. The van der Waals surface area contributed by atoms with E-state index in [-0.39, 0.29) is 16.9 Å². The lowest BCUT2D eigenvalue weighted by molar-refractivity contribution is 0.359. The molecule has 0 aromatic heterocycles. The first-order valence-corrected chi connectivity index (χ1v) is 4.71. The Kier molecular flexibility index (Phi) is 1.68. The summed E-state index contributed by atoms with van der Waals surface area (Å²) in [7, 11) is 0. The molecule has 0 fully saturated rings. The molecule has 1 aromatic rings. The lowest BCUT2D eigenvalue weighted by atomic mass is 9.86. The summed E-state index contributed by atoms with van der Waals surface area (Å²) in [4.78, 5) is 0. The van der Waals surface area contributed by atoms with E-state index in [2.05, 4.69) is 0 Å². The van der Waals surface area contributed by atoms with Gasteiger partial charge in [0.15, 0.2) is 11.5 Å².